The quantitative estimate of drug-likeness (QED) is 0.791. The predicted octanol–water partition coefficient (Wildman–Crippen LogP) is 3.52. The van der Waals surface area contributed by atoms with Crippen LogP contribution in [0.3, 0.4) is 0 Å². The Morgan fingerprint density at radius 2 is 1.92 bits per heavy atom. The molecule has 0 radical (unpaired) electrons. The lowest BCUT2D eigenvalue weighted by molar-refractivity contribution is 0.0938. The SMILES string of the molecule is CC[C@H](C)NC(=O)c1cccc(NC(=O)c2nnc(CC(C)C)s2)c1. The van der Waals surface area contributed by atoms with Crippen LogP contribution in [0, 0.1) is 5.92 Å². The average molecular weight is 360 g/mol. The second-order valence-corrected chi connectivity index (χ2v) is 7.48. The lowest BCUT2D eigenvalue weighted by atomic mass is 10.1. The summed E-state index contributed by atoms with van der Waals surface area (Å²) in [7, 11) is 0. The highest BCUT2D eigenvalue weighted by atomic mass is 32.1. The van der Waals surface area contributed by atoms with E-state index >= 15 is 0 Å². The second kappa shape index (κ2) is 8.71. The molecule has 1 aromatic carbocycles. The molecule has 7 heteroatoms. The lowest BCUT2D eigenvalue weighted by Gasteiger charge is -2.12. The van der Waals surface area contributed by atoms with Crippen LogP contribution in [-0.4, -0.2) is 28.1 Å². The van der Waals surface area contributed by atoms with Crippen molar-refractivity contribution in [2.24, 2.45) is 5.92 Å². The van der Waals surface area contributed by atoms with Crippen LogP contribution in [0.2, 0.25) is 0 Å². The zero-order chi connectivity index (χ0) is 18.4. The van der Waals surface area contributed by atoms with E-state index < -0.39 is 0 Å². The molecule has 6 nitrogen and oxygen atoms in total. The van der Waals surface area contributed by atoms with Gasteiger partial charge in [-0.05, 0) is 37.5 Å². The number of hydrogen-bond donors (Lipinski definition) is 2. The van der Waals surface area contributed by atoms with Gasteiger partial charge >= 0.3 is 0 Å². The Morgan fingerprint density at radius 1 is 1.16 bits per heavy atom. The largest absolute Gasteiger partial charge is 0.350 e. The third kappa shape index (κ3) is 5.63. The van der Waals surface area contributed by atoms with Gasteiger partial charge in [0.1, 0.15) is 5.01 Å². The lowest BCUT2D eigenvalue weighted by Crippen LogP contribution is -2.31. The number of nitrogens with zero attached hydrogens (tertiary/aromatic N) is 2. The number of hydrogen-bond acceptors (Lipinski definition) is 5. The first-order chi connectivity index (χ1) is 11.9. The van der Waals surface area contributed by atoms with E-state index in [0.29, 0.717) is 22.2 Å². The monoisotopic (exact) mass is 360 g/mol. The Balaban J connectivity index is 2.04. The van der Waals surface area contributed by atoms with Crippen molar-refractivity contribution in [1.82, 2.24) is 15.5 Å². The summed E-state index contributed by atoms with van der Waals surface area (Å²) >= 11 is 1.30. The minimum Gasteiger partial charge on any atom is -0.350 e. The maximum absolute atomic E-state index is 12.3. The number of aromatic nitrogens is 2. The maximum atomic E-state index is 12.3. The third-order valence-electron chi connectivity index (χ3n) is 3.62. The highest BCUT2D eigenvalue weighted by molar-refractivity contribution is 7.13. The smallest absolute Gasteiger partial charge is 0.286 e. The molecular weight excluding hydrogens is 336 g/mol. The van der Waals surface area contributed by atoms with Crippen LogP contribution in [-0.2, 0) is 6.42 Å². The molecule has 0 bridgehead atoms. The van der Waals surface area contributed by atoms with Gasteiger partial charge in [0.2, 0.25) is 5.01 Å². The summed E-state index contributed by atoms with van der Waals surface area (Å²) in [5, 5.41) is 14.9. The zero-order valence-corrected chi connectivity index (χ0v) is 15.8. The molecule has 0 aliphatic heterocycles. The number of anilines is 1. The minimum atomic E-state index is -0.313. The topological polar surface area (TPSA) is 84.0 Å². The molecule has 1 aromatic heterocycles. The van der Waals surface area contributed by atoms with Gasteiger partial charge < -0.3 is 10.6 Å². The molecule has 0 saturated carbocycles. The van der Waals surface area contributed by atoms with Crippen molar-refractivity contribution in [2.75, 3.05) is 5.32 Å². The van der Waals surface area contributed by atoms with Crippen molar-refractivity contribution in [3.8, 4) is 0 Å². The molecule has 0 unspecified atom stereocenters. The predicted molar refractivity (Wildman–Crippen MR) is 100 cm³/mol. The Kier molecular flexibility index (Phi) is 6.64. The number of carbonyl (C=O) groups is 2. The van der Waals surface area contributed by atoms with Gasteiger partial charge in [0.05, 0.1) is 0 Å². The van der Waals surface area contributed by atoms with E-state index in [0.717, 1.165) is 17.8 Å². The fourth-order valence-corrected chi connectivity index (χ4v) is 3.06. The fourth-order valence-electron chi connectivity index (χ4n) is 2.11. The molecular formula is C18H24N4O2S. The first-order valence-electron chi connectivity index (χ1n) is 8.43. The van der Waals surface area contributed by atoms with E-state index in [2.05, 4.69) is 34.7 Å². The molecule has 1 atom stereocenters. The number of rotatable bonds is 7. The van der Waals surface area contributed by atoms with Gasteiger partial charge in [-0.25, -0.2) is 0 Å². The van der Waals surface area contributed by atoms with Gasteiger partial charge in [-0.1, -0.05) is 38.2 Å². The molecule has 2 amide bonds. The molecule has 1 heterocycles. The van der Waals surface area contributed by atoms with Crippen LogP contribution in [0.5, 0.6) is 0 Å². The zero-order valence-electron chi connectivity index (χ0n) is 15.0. The normalized spacial score (nSPS) is 12.0. The summed E-state index contributed by atoms with van der Waals surface area (Å²) in [5.74, 6) is -0.00265. The van der Waals surface area contributed by atoms with Crippen molar-refractivity contribution in [3.63, 3.8) is 0 Å². The van der Waals surface area contributed by atoms with Gasteiger partial charge in [-0.2, -0.15) is 0 Å². The van der Waals surface area contributed by atoms with Gasteiger partial charge in [0.15, 0.2) is 0 Å². The minimum absolute atomic E-state index is 0.103. The Bertz CT molecular complexity index is 742. The highest BCUT2D eigenvalue weighted by Gasteiger charge is 2.15. The van der Waals surface area contributed by atoms with Crippen molar-refractivity contribution in [3.05, 3.63) is 39.8 Å². The van der Waals surface area contributed by atoms with Crippen molar-refractivity contribution < 1.29 is 9.59 Å². The molecule has 0 fully saturated rings. The van der Waals surface area contributed by atoms with E-state index in [4.69, 9.17) is 0 Å². The molecule has 2 rings (SSSR count). The van der Waals surface area contributed by atoms with Crippen LogP contribution >= 0.6 is 11.3 Å². The molecule has 2 aromatic rings. The molecule has 0 aliphatic carbocycles. The molecule has 0 spiro atoms. The van der Waals surface area contributed by atoms with Crippen LogP contribution in [0.4, 0.5) is 5.69 Å². The number of benzene rings is 1. The summed E-state index contributed by atoms with van der Waals surface area (Å²) in [6.45, 7) is 8.15. The van der Waals surface area contributed by atoms with Crippen molar-refractivity contribution >= 4 is 28.8 Å². The van der Waals surface area contributed by atoms with Crippen molar-refractivity contribution in [2.45, 2.75) is 46.6 Å². The Hall–Kier alpha value is -2.28. The number of amides is 2. The van der Waals surface area contributed by atoms with E-state index in [1.165, 1.54) is 11.3 Å². The summed E-state index contributed by atoms with van der Waals surface area (Å²) in [6, 6.07) is 6.97. The summed E-state index contributed by atoms with van der Waals surface area (Å²) in [4.78, 5) is 24.5. The van der Waals surface area contributed by atoms with Crippen LogP contribution in [0.1, 0.15) is 59.3 Å². The maximum Gasteiger partial charge on any atom is 0.286 e. The van der Waals surface area contributed by atoms with Gasteiger partial charge in [-0.15, -0.1) is 10.2 Å². The Morgan fingerprint density at radius 3 is 2.60 bits per heavy atom. The molecule has 25 heavy (non-hydrogen) atoms. The first kappa shape index (κ1) is 19.1. The van der Waals surface area contributed by atoms with Crippen molar-refractivity contribution in [1.29, 1.82) is 0 Å². The van der Waals surface area contributed by atoms with Gasteiger partial charge in [0.25, 0.3) is 11.8 Å². The van der Waals surface area contributed by atoms with E-state index in [9.17, 15) is 9.59 Å². The van der Waals surface area contributed by atoms with E-state index in [1.54, 1.807) is 24.3 Å². The third-order valence-corrected chi connectivity index (χ3v) is 4.56. The molecule has 0 aliphatic rings. The number of carbonyl (C=O) groups excluding carboxylic acids is 2. The fraction of sp³-hybridized carbons (Fsp3) is 0.444. The van der Waals surface area contributed by atoms with Gasteiger partial charge in [-0.3, -0.25) is 9.59 Å². The highest BCUT2D eigenvalue weighted by Crippen LogP contribution is 2.17. The van der Waals surface area contributed by atoms with Crippen LogP contribution in [0.15, 0.2) is 24.3 Å². The van der Waals surface area contributed by atoms with Gasteiger partial charge in [0, 0.05) is 23.7 Å². The van der Waals surface area contributed by atoms with E-state index in [1.807, 2.05) is 13.8 Å². The van der Waals surface area contributed by atoms with E-state index in [-0.39, 0.29) is 17.9 Å². The van der Waals surface area contributed by atoms with Crippen LogP contribution < -0.4 is 10.6 Å². The summed E-state index contributed by atoms with van der Waals surface area (Å²) < 4.78 is 0. The van der Waals surface area contributed by atoms with Crippen LogP contribution in [0.25, 0.3) is 0 Å². The second-order valence-electron chi connectivity index (χ2n) is 6.42. The molecule has 2 N–H and O–H groups in total. The summed E-state index contributed by atoms with van der Waals surface area (Å²) in [6.07, 6.45) is 1.66. The standard InChI is InChI=1S/C18H24N4O2S/c1-5-12(4)19-16(23)13-7-6-8-14(10-13)20-17(24)18-22-21-15(25-18)9-11(2)3/h6-8,10-12H,5,9H2,1-4H3,(H,19,23)(H,20,24)/t12-/m0/s1. The number of nitrogens with one attached hydrogen (secondary N) is 2. The molecule has 0 saturated heterocycles. The first-order valence-corrected chi connectivity index (χ1v) is 9.25. The summed E-state index contributed by atoms with van der Waals surface area (Å²) in [5.41, 5.74) is 1.07. The Labute approximate surface area is 152 Å². The molecule has 134 valence electrons. The average Bonchev–Trinajstić information content (AvgIpc) is 3.02.